The minimum Gasteiger partial charge on any atom is -0.491 e. The predicted octanol–water partition coefficient (Wildman–Crippen LogP) is 6.23. The Morgan fingerprint density at radius 2 is 1.62 bits per heavy atom. The van der Waals surface area contributed by atoms with Crippen molar-refractivity contribution in [2.75, 3.05) is 63.2 Å². The summed E-state index contributed by atoms with van der Waals surface area (Å²) in [5.74, 6) is 0.106. The first-order chi connectivity index (χ1) is 24.9. The summed E-state index contributed by atoms with van der Waals surface area (Å²) in [4.78, 5) is 19.0. The molecule has 0 spiro atoms. The number of anilines is 1. The molecule has 2 heterocycles. The number of aromatic amines is 1. The number of esters is 1. The molecular weight excluding hydrogens is 743 g/mol. The fourth-order valence-corrected chi connectivity index (χ4v) is 7.24. The van der Waals surface area contributed by atoms with E-state index < -0.39 is 28.7 Å². The molecule has 1 saturated heterocycles. The number of carbonyl (C=O) groups excluding carboxylic acids is 1. The zero-order valence-corrected chi connectivity index (χ0v) is 31.0. The number of pyridine rings is 1. The Bertz CT molecular complexity index is 1800. The van der Waals surface area contributed by atoms with Crippen LogP contribution in [-0.2, 0) is 25.9 Å². The van der Waals surface area contributed by atoms with E-state index in [0.717, 1.165) is 31.9 Å². The maximum absolute atomic E-state index is 14.0. The largest absolute Gasteiger partial charge is 0.491 e. The molecule has 52 heavy (non-hydrogen) atoms. The quantitative estimate of drug-likeness (QED) is 0.139. The lowest BCUT2D eigenvalue weighted by molar-refractivity contribution is -0.377. The van der Waals surface area contributed by atoms with E-state index in [1.807, 2.05) is 0 Å². The van der Waals surface area contributed by atoms with Crippen LogP contribution in [0.1, 0.15) is 53.3 Å². The molecule has 0 unspecified atom stereocenters. The summed E-state index contributed by atoms with van der Waals surface area (Å²) in [7, 11) is -3.73. The molecule has 282 valence electrons. The van der Waals surface area contributed by atoms with Gasteiger partial charge in [-0.15, -0.1) is 0 Å². The maximum atomic E-state index is 14.0. The van der Waals surface area contributed by atoms with Crippen LogP contribution in [0.5, 0.6) is 17.2 Å². The van der Waals surface area contributed by atoms with Gasteiger partial charge < -0.3 is 23.7 Å². The Kier molecular flexibility index (Phi) is 12.6. The van der Waals surface area contributed by atoms with Gasteiger partial charge in [0.15, 0.2) is 23.9 Å². The number of rotatable bonds is 18. The van der Waals surface area contributed by atoms with Gasteiger partial charge in [-0.25, -0.2) is 18.2 Å². The van der Waals surface area contributed by atoms with Gasteiger partial charge in [-0.1, -0.05) is 29.3 Å². The molecule has 2 saturated carbocycles. The number of hydrogen-bond donors (Lipinski definition) is 0. The van der Waals surface area contributed by atoms with Crippen LogP contribution in [0.25, 0.3) is 0 Å². The highest BCUT2D eigenvalue weighted by Crippen LogP contribution is 2.39. The molecular formula is C36H42Cl2F2N3O8S+. The van der Waals surface area contributed by atoms with Gasteiger partial charge in [0.2, 0.25) is 10.0 Å². The van der Waals surface area contributed by atoms with Gasteiger partial charge in [-0.3, -0.25) is 9.21 Å². The van der Waals surface area contributed by atoms with E-state index in [0.29, 0.717) is 84.8 Å². The molecule has 2 aliphatic carbocycles. The van der Waals surface area contributed by atoms with Gasteiger partial charge in [0.25, 0.3) is 0 Å². The first kappa shape index (κ1) is 38.3. The van der Waals surface area contributed by atoms with Crippen molar-refractivity contribution in [2.24, 2.45) is 11.8 Å². The van der Waals surface area contributed by atoms with Crippen molar-refractivity contribution in [3.63, 3.8) is 0 Å². The third-order valence-electron chi connectivity index (χ3n) is 9.12. The summed E-state index contributed by atoms with van der Waals surface area (Å²) in [6.07, 6.45) is 7.21. The van der Waals surface area contributed by atoms with Gasteiger partial charge >= 0.3 is 12.6 Å². The monoisotopic (exact) mass is 784 g/mol. The molecule has 1 aliphatic heterocycles. The van der Waals surface area contributed by atoms with Gasteiger partial charge in [-0.2, -0.15) is 8.78 Å². The molecule has 11 nitrogen and oxygen atoms in total. The standard InChI is InChI=1S/C36H41Cl2F2N3O8S/c1-52(45,46)43(11-10-42-12-14-47-15-13-42)30-8-6-26(17-33(30)48-21-23-2-3-23)35(44)50-32(18-27-28(37)19-41-20-29(27)38)25-7-9-31(51-36(39)40)34(16-25)49-22-24-4-5-24/h6-9,16-17,19-20,23-24,32,36H,2-5,10-15,18,21-22H2,1H3/p+1/t32-/m1/s1. The number of nitrogens with one attached hydrogen (secondary N) is 1. The number of H-pyrrole nitrogens is 1. The van der Waals surface area contributed by atoms with E-state index in [2.05, 4.69) is 9.88 Å². The molecule has 3 aromatic rings. The minimum atomic E-state index is -3.73. The van der Waals surface area contributed by atoms with Crippen LogP contribution in [0, 0.1) is 11.8 Å². The van der Waals surface area contributed by atoms with E-state index in [-0.39, 0.29) is 35.8 Å². The number of alkyl halides is 2. The summed E-state index contributed by atoms with van der Waals surface area (Å²) >= 11 is 13.0. The number of hydrogen-bond acceptors (Lipinski definition) is 9. The smallest absolute Gasteiger partial charge is 0.387 e. The van der Waals surface area contributed by atoms with Crippen LogP contribution in [-0.4, -0.2) is 84.8 Å². The van der Waals surface area contributed by atoms with Crippen molar-refractivity contribution in [1.82, 2.24) is 4.90 Å². The Morgan fingerprint density at radius 1 is 0.962 bits per heavy atom. The number of halogens is 4. The number of aromatic nitrogens is 1. The van der Waals surface area contributed by atoms with Crippen LogP contribution in [0.3, 0.4) is 0 Å². The SMILES string of the molecule is CS(=O)(=O)N(CCN1CCOCC1)c1ccc(C(=O)O[C@H](Cc2c(Cl)c[nH+]cc2Cl)c2ccc(OC(F)F)c(OCC3CC3)c2)cc1OCC1CC1. The maximum Gasteiger partial charge on any atom is 0.387 e. The zero-order chi connectivity index (χ0) is 36.8. The lowest BCUT2D eigenvalue weighted by Crippen LogP contribution is -2.43. The number of sulfonamides is 1. The average molecular weight is 786 g/mol. The van der Waals surface area contributed by atoms with Crippen LogP contribution in [0.2, 0.25) is 10.0 Å². The Balaban J connectivity index is 1.30. The highest BCUT2D eigenvalue weighted by molar-refractivity contribution is 7.92. The van der Waals surface area contributed by atoms with E-state index in [1.54, 1.807) is 18.5 Å². The first-order valence-corrected chi connectivity index (χ1v) is 19.9. The second-order valence-corrected chi connectivity index (χ2v) is 16.0. The second-order valence-electron chi connectivity index (χ2n) is 13.3. The molecule has 1 N–H and O–H groups in total. The predicted molar refractivity (Wildman–Crippen MR) is 190 cm³/mol. The number of benzene rings is 2. The van der Waals surface area contributed by atoms with Crippen LogP contribution in [0.15, 0.2) is 48.8 Å². The molecule has 0 bridgehead atoms. The molecule has 3 aliphatic rings. The molecule has 2 aromatic carbocycles. The topological polar surface area (TPSA) is 118 Å². The lowest BCUT2D eigenvalue weighted by Gasteiger charge is -2.30. The van der Waals surface area contributed by atoms with Crippen molar-refractivity contribution < 1.29 is 50.7 Å². The van der Waals surface area contributed by atoms with Gasteiger partial charge in [-0.05, 0) is 73.4 Å². The average Bonchev–Trinajstić information content (AvgIpc) is 4.04. The van der Waals surface area contributed by atoms with Gasteiger partial charge in [0, 0.05) is 38.2 Å². The number of ether oxygens (including phenoxy) is 5. The Morgan fingerprint density at radius 3 is 2.23 bits per heavy atom. The fraction of sp³-hybridized carbons (Fsp3) is 0.500. The van der Waals surface area contributed by atoms with E-state index >= 15 is 0 Å². The molecule has 0 radical (unpaired) electrons. The van der Waals surface area contributed by atoms with Crippen molar-refractivity contribution in [1.29, 1.82) is 0 Å². The highest BCUT2D eigenvalue weighted by atomic mass is 35.5. The molecule has 16 heteroatoms. The molecule has 0 amide bonds. The third kappa shape index (κ3) is 10.6. The summed E-state index contributed by atoms with van der Waals surface area (Å²) in [6, 6.07) is 8.91. The Hall–Kier alpha value is -3.43. The van der Waals surface area contributed by atoms with Crippen LogP contribution in [0.4, 0.5) is 14.5 Å². The number of nitrogens with zero attached hydrogens (tertiary/aromatic N) is 2. The van der Waals surface area contributed by atoms with Crippen LogP contribution >= 0.6 is 23.2 Å². The molecule has 6 rings (SSSR count). The summed E-state index contributed by atoms with van der Waals surface area (Å²) in [5.41, 5.74) is 1.34. The second kappa shape index (κ2) is 17.1. The van der Waals surface area contributed by atoms with E-state index in [4.69, 9.17) is 46.9 Å². The summed E-state index contributed by atoms with van der Waals surface area (Å²) in [6.45, 7) is 0.840. The highest BCUT2D eigenvalue weighted by Gasteiger charge is 2.29. The Labute approximate surface area is 312 Å². The van der Waals surface area contributed by atoms with Gasteiger partial charge in [0.05, 0.1) is 43.9 Å². The number of carbonyl (C=O) groups is 1. The third-order valence-corrected chi connectivity index (χ3v) is 11.0. The van der Waals surface area contributed by atoms with Crippen LogP contribution < -0.4 is 23.5 Å². The van der Waals surface area contributed by atoms with Crippen molar-refractivity contribution in [3.8, 4) is 17.2 Å². The number of morpholine rings is 1. The normalized spacial score (nSPS) is 17.1. The first-order valence-electron chi connectivity index (χ1n) is 17.3. The van der Waals surface area contributed by atoms with Crippen molar-refractivity contribution in [2.45, 2.75) is 44.8 Å². The van der Waals surface area contributed by atoms with Gasteiger partial charge in [0.1, 0.15) is 21.9 Å². The van der Waals surface area contributed by atoms with E-state index in [9.17, 15) is 22.0 Å². The summed E-state index contributed by atoms with van der Waals surface area (Å²) in [5, 5.41) is 0.601. The minimum absolute atomic E-state index is 0.0295. The van der Waals surface area contributed by atoms with Crippen molar-refractivity contribution in [3.05, 3.63) is 75.5 Å². The zero-order valence-electron chi connectivity index (χ0n) is 28.7. The molecule has 1 aromatic heterocycles. The van der Waals surface area contributed by atoms with Crippen molar-refractivity contribution >= 4 is 44.9 Å². The molecule has 3 fully saturated rings. The fourth-order valence-electron chi connectivity index (χ4n) is 5.78. The summed E-state index contributed by atoms with van der Waals surface area (Å²) < 4.78 is 82.4. The molecule has 1 atom stereocenters. The van der Waals surface area contributed by atoms with E-state index in [1.165, 1.54) is 34.6 Å². The lowest BCUT2D eigenvalue weighted by atomic mass is 10.0.